The number of oxazole rings is 1. The van der Waals surface area contributed by atoms with Crippen LogP contribution in [0.5, 0.6) is 0 Å². The SMILES string of the molecule is CC(C)CC1(c2nc3cc(N)ccc3o2)CCCC1. The van der Waals surface area contributed by atoms with Gasteiger partial charge in [0.2, 0.25) is 5.89 Å². The van der Waals surface area contributed by atoms with Crippen LogP contribution in [0.1, 0.15) is 51.8 Å². The lowest BCUT2D eigenvalue weighted by molar-refractivity contribution is 0.280. The molecule has 1 saturated carbocycles. The Bertz CT molecular complexity index is 579. The van der Waals surface area contributed by atoms with Gasteiger partial charge in [0.05, 0.1) is 0 Å². The summed E-state index contributed by atoms with van der Waals surface area (Å²) in [5.41, 5.74) is 8.47. The molecule has 2 aromatic rings. The average Bonchev–Trinajstić information content (AvgIpc) is 2.94. The van der Waals surface area contributed by atoms with Gasteiger partial charge < -0.3 is 10.2 Å². The summed E-state index contributed by atoms with van der Waals surface area (Å²) in [6, 6.07) is 5.71. The normalized spacial score (nSPS) is 18.5. The minimum atomic E-state index is 0.155. The largest absolute Gasteiger partial charge is 0.440 e. The van der Waals surface area contributed by atoms with E-state index in [9.17, 15) is 0 Å². The second kappa shape index (κ2) is 4.55. The van der Waals surface area contributed by atoms with Gasteiger partial charge in [-0.3, -0.25) is 0 Å². The fraction of sp³-hybridized carbons (Fsp3) is 0.562. The van der Waals surface area contributed by atoms with Crippen LogP contribution in [0.25, 0.3) is 11.1 Å². The summed E-state index contributed by atoms with van der Waals surface area (Å²) in [7, 11) is 0. The van der Waals surface area contributed by atoms with Crippen LogP contribution in [-0.2, 0) is 5.41 Å². The number of anilines is 1. The molecule has 0 bridgehead atoms. The van der Waals surface area contributed by atoms with Gasteiger partial charge in [-0.15, -0.1) is 0 Å². The van der Waals surface area contributed by atoms with Crippen molar-refractivity contribution >= 4 is 16.8 Å². The lowest BCUT2D eigenvalue weighted by Gasteiger charge is -2.27. The number of hydrogen-bond donors (Lipinski definition) is 1. The van der Waals surface area contributed by atoms with Crippen LogP contribution < -0.4 is 5.73 Å². The van der Waals surface area contributed by atoms with Crippen LogP contribution in [0.3, 0.4) is 0 Å². The maximum absolute atomic E-state index is 6.04. The topological polar surface area (TPSA) is 52.0 Å². The van der Waals surface area contributed by atoms with E-state index >= 15 is 0 Å². The maximum Gasteiger partial charge on any atom is 0.201 e. The number of aromatic nitrogens is 1. The Hall–Kier alpha value is -1.51. The fourth-order valence-corrected chi connectivity index (χ4v) is 3.51. The van der Waals surface area contributed by atoms with Gasteiger partial charge >= 0.3 is 0 Å². The third-order valence-electron chi connectivity index (χ3n) is 4.22. The lowest BCUT2D eigenvalue weighted by Crippen LogP contribution is -2.24. The highest BCUT2D eigenvalue weighted by molar-refractivity contribution is 5.76. The predicted octanol–water partition coefficient (Wildman–Crippen LogP) is 4.27. The zero-order valence-corrected chi connectivity index (χ0v) is 11.8. The molecule has 0 radical (unpaired) electrons. The van der Waals surface area contributed by atoms with Crippen LogP contribution >= 0.6 is 0 Å². The molecule has 0 aliphatic heterocycles. The van der Waals surface area contributed by atoms with Crippen molar-refractivity contribution in [1.82, 2.24) is 4.98 Å². The van der Waals surface area contributed by atoms with Crippen LogP contribution in [-0.4, -0.2) is 4.98 Å². The van der Waals surface area contributed by atoms with Crippen LogP contribution in [0.2, 0.25) is 0 Å². The van der Waals surface area contributed by atoms with Crippen molar-refractivity contribution < 1.29 is 4.42 Å². The highest BCUT2D eigenvalue weighted by Gasteiger charge is 2.40. The average molecular weight is 258 g/mol. The van der Waals surface area contributed by atoms with Gasteiger partial charge in [0, 0.05) is 11.1 Å². The number of hydrogen-bond acceptors (Lipinski definition) is 3. The van der Waals surface area contributed by atoms with Gasteiger partial charge in [0.1, 0.15) is 5.52 Å². The van der Waals surface area contributed by atoms with Crippen LogP contribution in [0.15, 0.2) is 22.6 Å². The number of benzene rings is 1. The molecule has 102 valence electrons. The van der Waals surface area contributed by atoms with E-state index in [0.29, 0.717) is 5.92 Å². The molecule has 3 nitrogen and oxygen atoms in total. The summed E-state index contributed by atoms with van der Waals surface area (Å²) in [5, 5.41) is 0. The molecule has 3 heteroatoms. The molecule has 0 spiro atoms. The number of nitrogen functional groups attached to an aromatic ring is 1. The molecule has 1 aliphatic rings. The summed E-state index contributed by atoms with van der Waals surface area (Å²) in [6.07, 6.45) is 6.14. The Labute approximate surface area is 114 Å². The molecule has 3 rings (SSSR count). The summed E-state index contributed by atoms with van der Waals surface area (Å²) in [5.74, 6) is 1.59. The molecule has 19 heavy (non-hydrogen) atoms. The van der Waals surface area contributed by atoms with Crippen molar-refractivity contribution in [2.24, 2.45) is 5.92 Å². The minimum Gasteiger partial charge on any atom is -0.440 e. The minimum absolute atomic E-state index is 0.155. The smallest absolute Gasteiger partial charge is 0.201 e. The summed E-state index contributed by atoms with van der Waals surface area (Å²) < 4.78 is 6.04. The zero-order valence-electron chi connectivity index (χ0n) is 11.8. The van der Waals surface area contributed by atoms with Gasteiger partial charge in [-0.1, -0.05) is 26.7 Å². The highest BCUT2D eigenvalue weighted by Crippen LogP contribution is 2.45. The second-order valence-electron chi connectivity index (χ2n) is 6.33. The van der Waals surface area contributed by atoms with Crippen molar-refractivity contribution in [2.45, 2.75) is 51.4 Å². The van der Waals surface area contributed by atoms with E-state index in [4.69, 9.17) is 15.1 Å². The second-order valence-corrected chi connectivity index (χ2v) is 6.33. The van der Waals surface area contributed by atoms with Crippen LogP contribution in [0.4, 0.5) is 5.69 Å². The predicted molar refractivity (Wildman–Crippen MR) is 78.0 cm³/mol. The van der Waals surface area contributed by atoms with E-state index < -0.39 is 0 Å². The Kier molecular flexibility index (Phi) is 3.00. The Morgan fingerprint density at radius 3 is 2.74 bits per heavy atom. The number of fused-ring (bicyclic) bond motifs is 1. The van der Waals surface area contributed by atoms with E-state index in [0.717, 1.165) is 29.1 Å². The van der Waals surface area contributed by atoms with Crippen molar-refractivity contribution in [3.8, 4) is 0 Å². The number of rotatable bonds is 3. The molecule has 1 aliphatic carbocycles. The third-order valence-corrected chi connectivity index (χ3v) is 4.22. The van der Waals surface area contributed by atoms with Crippen molar-refractivity contribution in [3.05, 3.63) is 24.1 Å². The van der Waals surface area contributed by atoms with E-state index in [2.05, 4.69) is 13.8 Å². The van der Waals surface area contributed by atoms with E-state index in [1.54, 1.807) is 0 Å². The first-order valence-electron chi connectivity index (χ1n) is 7.26. The molecule has 1 heterocycles. The van der Waals surface area contributed by atoms with Crippen LogP contribution in [0, 0.1) is 5.92 Å². The van der Waals surface area contributed by atoms with Crippen molar-refractivity contribution in [2.75, 3.05) is 5.73 Å². The molecule has 1 fully saturated rings. The number of nitrogens with two attached hydrogens (primary N) is 1. The molecule has 0 unspecified atom stereocenters. The zero-order chi connectivity index (χ0) is 13.5. The summed E-state index contributed by atoms with van der Waals surface area (Å²) >= 11 is 0. The van der Waals surface area contributed by atoms with Crippen molar-refractivity contribution in [3.63, 3.8) is 0 Å². The first kappa shape index (κ1) is 12.5. The van der Waals surface area contributed by atoms with Gasteiger partial charge in [-0.25, -0.2) is 4.98 Å². The molecular formula is C16H22N2O. The Balaban J connectivity index is 2.05. The molecule has 1 aromatic carbocycles. The maximum atomic E-state index is 6.04. The fourth-order valence-electron chi connectivity index (χ4n) is 3.51. The monoisotopic (exact) mass is 258 g/mol. The molecule has 0 atom stereocenters. The van der Waals surface area contributed by atoms with Gasteiger partial charge in [-0.2, -0.15) is 0 Å². The highest BCUT2D eigenvalue weighted by atomic mass is 16.3. The van der Waals surface area contributed by atoms with Crippen molar-refractivity contribution in [1.29, 1.82) is 0 Å². The van der Waals surface area contributed by atoms with Gasteiger partial charge in [0.15, 0.2) is 5.58 Å². The van der Waals surface area contributed by atoms with Gasteiger partial charge in [0.25, 0.3) is 0 Å². The molecule has 0 saturated heterocycles. The lowest BCUT2D eigenvalue weighted by atomic mass is 9.78. The summed E-state index contributed by atoms with van der Waals surface area (Å²) in [4.78, 5) is 4.73. The Morgan fingerprint density at radius 2 is 2.05 bits per heavy atom. The first-order valence-corrected chi connectivity index (χ1v) is 7.26. The first-order chi connectivity index (χ1) is 9.09. The molecule has 2 N–H and O–H groups in total. The van der Waals surface area contributed by atoms with E-state index in [1.807, 2.05) is 18.2 Å². The summed E-state index contributed by atoms with van der Waals surface area (Å²) in [6.45, 7) is 4.56. The quantitative estimate of drug-likeness (QED) is 0.836. The molecule has 0 amide bonds. The van der Waals surface area contributed by atoms with E-state index in [-0.39, 0.29) is 5.41 Å². The third kappa shape index (κ3) is 2.22. The molecule has 1 aromatic heterocycles. The Morgan fingerprint density at radius 1 is 1.32 bits per heavy atom. The van der Waals surface area contributed by atoms with Gasteiger partial charge in [-0.05, 0) is 43.4 Å². The van der Waals surface area contributed by atoms with E-state index in [1.165, 1.54) is 25.7 Å². The standard InChI is InChI=1S/C16H22N2O/c1-11(2)10-16(7-3-4-8-16)15-18-13-9-12(17)5-6-14(13)19-15/h5-6,9,11H,3-4,7-8,10,17H2,1-2H3. The number of nitrogens with zero attached hydrogens (tertiary/aromatic N) is 1. The molecular weight excluding hydrogens is 236 g/mol.